The summed E-state index contributed by atoms with van der Waals surface area (Å²) in [5.41, 5.74) is 0. The molecule has 5 nitrogen and oxygen atoms in total. The summed E-state index contributed by atoms with van der Waals surface area (Å²) in [5, 5.41) is 13.7. The molecule has 2 N–H and O–H groups in total. The van der Waals surface area contributed by atoms with Crippen LogP contribution in [0.4, 0.5) is 0 Å². The number of furan rings is 1. The molecular weight excluding hydrogens is 270 g/mol. The van der Waals surface area contributed by atoms with E-state index in [1.54, 1.807) is 12.3 Å². The topological polar surface area (TPSA) is 63.9 Å². The molecule has 1 aliphatic heterocycles. The second-order valence-corrected chi connectivity index (χ2v) is 6.22. The summed E-state index contributed by atoms with van der Waals surface area (Å²) in [7, 11) is 0. The molecule has 2 aliphatic rings. The van der Waals surface area contributed by atoms with Gasteiger partial charge in [-0.25, -0.2) is 0 Å². The van der Waals surface area contributed by atoms with Crippen molar-refractivity contribution >= 4 is 0 Å². The largest absolute Gasteiger partial charge is 0.467 e. The van der Waals surface area contributed by atoms with Crippen molar-refractivity contribution in [1.29, 1.82) is 0 Å². The average molecular weight is 295 g/mol. The lowest BCUT2D eigenvalue weighted by atomic mass is 9.89. The van der Waals surface area contributed by atoms with Crippen LogP contribution in [0.5, 0.6) is 0 Å². The van der Waals surface area contributed by atoms with Gasteiger partial charge in [0.2, 0.25) is 0 Å². The Morgan fingerprint density at radius 3 is 2.67 bits per heavy atom. The Morgan fingerprint density at radius 2 is 2.05 bits per heavy atom. The van der Waals surface area contributed by atoms with Crippen LogP contribution in [0.2, 0.25) is 0 Å². The lowest BCUT2D eigenvalue weighted by Crippen LogP contribution is -2.45. The summed E-state index contributed by atoms with van der Waals surface area (Å²) in [4.78, 5) is 0. The van der Waals surface area contributed by atoms with Crippen LogP contribution in [0, 0.1) is 0 Å². The molecule has 118 valence electrons. The molecule has 0 aromatic carbocycles. The van der Waals surface area contributed by atoms with Gasteiger partial charge in [-0.05, 0) is 38.3 Å². The number of aliphatic hydroxyl groups is 1. The van der Waals surface area contributed by atoms with Crippen LogP contribution in [0.1, 0.15) is 50.9 Å². The molecule has 3 rings (SSSR count). The summed E-state index contributed by atoms with van der Waals surface area (Å²) in [5.74, 6) is 0.341. The predicted molar refractivity (Wildman–Crippen MR) is 77.8 cm³/mol. The molecule has 0 amide bonds. The lowest BCUT2D eigenvalue weighted by molar-refractivity contribution is -0.179. The smallest absolute Gasteiger partial charge is 0.168 e. The fraction of sp³-hybridized carbons (Fsp3) is 0.750. The van der Waals surface area contributed by atoms with Crippen molar-refractivity contribution < 1.29 is 19.0 Å². The summed E-state index contributed by atoms with van der Waals surface area (Å²) < 4.78 is 16.7. The third kappa shape index (κ3) is 3.66. The lowest BCUT2D eigenvalue weighted by Gasteiger charge is -2.37. The summed E-state index contributed by atoms with van der Waals surface area (Å²) >= 11 is 0. The van der Waals surface area contributed by atoms with Gasteiger partial charge in [0.05, 0.1) is 19.5 Å². The Labute approximate surface area is 125 Å². The molecule has 2 fully saturated rings. The Kier molecular flexibility index (Phi) is 4.64. The number of aliphatic hydroxyl groups excluding tert-OH is 1. The fourth-order valence-electron chi connectivity index (χ4n) is 3.41. The Hall–Kier alpha value is -0.880. The Bertz CT molecular complexity index is 417. The van der Waals surface area contributed by atoms with E-state index in [-0.39, 0.29) is 11.8 Å². The fourth-order valence-corrected chi connectivity index (χ4v) is 3.41. The Balaban J connectivity index is 1.42. The van der Waals surface area contributed by atoms with E-state index < -0.39 is 6.10 Å². The standard InChI is InChI=1S/C16H25NO4/c1-12(11-14(18)15-3-2-8-19-15)17-13-4-6-16(7-5-13)20-9-10-21-16/h2-3,8,12-14,17-18H,4-7,9-11H2,1H3/t12-,14+/m1/s1. The molecular formula is C16H25NO4. The second-order valence-electron chi connectivity index (χ2n) is 6.22. The molecule has 0 radical (unpaired) electrons. The van der Waals surface area contributed by atoms with E-state index >= 15 is 0 Å². The van der Waals surface area contributed by atoms with Gasteiger partial charge in [0.25, 0.3) is 0 Å². The van der Waals surface area contributed by atoms with Gasteiger partial charge in [-0.15, -0.1) is 0 Å². The number of ether oxygens (including phenoxy) is 2. The number of nitrogens with one attached hydrogen (secondary N) is 1. The predicted octanol–water partition coefficient (Wildman–Crippen LogP) is 2.37. The first-order valence-electron chi connectivity index (χ1n) is 7.92. The van der Waals surface area contributed by atoms with Crippen molar-refractivity contribution in [2.45, 2.75) is 63.0 Å². The van der Waals surface area contributed by atoms with E-state index in [0.29, 0.717) is 18.2 Å². The highest BCUT2D eigenvalue weighted by atomic mass is 16.7. The maximum atomic E-state index is 10.1. The van der Waals surface area contributed by atoms with Gasteiger partial charge in [0.1, 0.15) is 11.9 Å². The maximum absolute atomic E-state index is 10.1. The number of rotatable bonds is 5. The monoisotopic (exact) mass is 295 g/mol. The van der Waals surface area contributed by atoms with Crippen molar-refractivity contribution in [2.75, 3.05) is 13.2 Å². The van der Waals surface area contributed by atoms with Crippen LogP contribution in [0.3, 0.4) is 0 Å². The zero-order valence-corrected chi connectivity index (χ0v) is 12.6. The minimum atomic E-state index is -0.543. The highest BCUT2D eigenvalue weighted by Gasteiger charge is 2.40. The first-order chi connectivity index (χ1) is 10.2. The van der Waals surface area contributed by atoms with Crippen LogP contribution in [0.25, 0.3) is 0 Å². The number of hydrogen-bond donors (Lipinski definition) is 2. The van der Waals surface area contributed by atoms with E-state index in [2.05, 4.69) is 12.2 Å². The molecule has 2 heterocycles. The number of hydrogen-bond acceptors (Lipinski definition) is 5. The quantitative estimate of drug-likeness (QED) is 0.873. The van der Waals surface area contributed by atoms with Gasteiger partial charge in [-0.2, -0.15) is 0 Å². The second kappa shape index (κ2) is 6.48. The SMILES string of the molecule is C[C@H](C[C@H](O)c1ccco1)NC1CCC2(CC1)OCCO2. The first kappa shape index (κ1) is 15.0. The molecule has 1 aliphatic carbocycles. The molecule has 1 spiro atoms. The molecule has 0 bridgehead atoms. The Morgan fingerprint density at radius 1 is 1.33 bits per heavy atom. The van der Waals surface area contributed by atoms with E-state index in [4.69, 9.17) is 13.9 Å². The minimum absolute atomic E-state index is 0.245. The molecule has 2 atom stereocenters. The summed E-state index contributed by atoms with van der Waals surface area (Å²) in [6.07, 6.45) is 5.73. The highest BCUT2D eigenvalue weighted by Crippen LogP contribution is 2.36. The van der Waals surface area contributed by atoms with Gasteiger partial charge in [-0.3, -0.25) is 0 Å². The summed E-state index contributed by atoms with van der Waals surface area (Å²) in [6.45, 7) is 3.56. The van der Waals surface area contributed by atoms with Gasteiger partial charge in [0, 0.05) is 24.9 Å². The van der Waals surface area contributed by atoms with Gasteiger partial charge in [0.15, 0.2) is 5.79 Å². The molecule has 5 heteroatoms. The highest BCUT2D eigenvalue weighted by molar-refractivity contribution is 5.02. The third-order valence-electron chi connectivity index (χ3n) is 4.53. The molecule has 1 aromatic rings. The van der Waals surface area contributed by atoms with Crippen molar-refractivity contribution in [1.82, 2.24) is 5.32 Å². The van der Waals surface area contributed by atoms with E-state index in [1.807, 2.05) is 6.07 Å². The van der Waals surface area contributed by atoms with Crippen molar-refractivity contribution in [3.63, 3.8) is 0 Å². The summed E-state index contributed by atoms with van der Waals surface area (Å²) in [6, 6.07) is 4.34. The van der Waals surface area contributed by atoms with Gasteiger partial charge >= 0.3 is 0 Å². The van der Waals surface area contributed by atoms with E-state index in [9.17, 15) is 5.11 Å². The first-order valence-corrected chi connectivity index (χ1v) is 7.92. The van der Waals surface area contributed by atoms with Crippen molar-refractivity contribution in [2.24, 2.45) is 0 Å². The van der Waals surface area contributed by atoms with Crippen LogP contribution in [0.15, 0.2) is 22.8 Å². The van der Waals surface area contributed by atoms with Crippen molar-refractivity contribution in [3.05, 3.63) is 24.2 Å². The van der Waals surface area contributed by atoms with Crippen LogP contribution in [-0.4, -0.2) is 36.2 Å². The molecule has 1 saturated heterocycles. The molecule has 1 saturated carbocycles. The normalized spacial score (nSPS) is 25.2. The van der Waals surface area contributed by atoms with Crippen LogP contribution in [-0.2, 0) is 9.47 Å². The maximum Gasteiger partial charge on any atom is 0.168 e. The van der Waals surface area contributed by atoms with Gasteiger partial charge < -0.3 is 24.3 Å². The van der Waals surface area contributed by atoms with Gasteiger partial charge in [-0.1, -0.05) is 0 Å². The van der Waals surface area contributed by atoms with Crippen LogP contribution >= 0.6 is 0 Å². The molecule has 0 unspecified atom stereocenters. The minimum Gasteiger partial charge on any atom is -0.467 e. The molecule has 21 heavy (non-hydrogen) atoms. The van der Waals surface area contributed by atoms with E-state index in [0.717, 1.165) is 38.9 Å². The molecule has 1 aromatic heterocycles. The van der Waals surface area contributed by atoms with Crippen LogP contribution < -0.4 is 5.32 Å². The zero-order valence-electron chi connectivity index (χ0n) is 12.6. The van der Waals surface area contributed by atoms with Crippen molar-refractivity contribution in [3.8, 4) is 0 Å². The van der Waals surface area contributed by atoms with E-state index in [1.165, 1.54) is 0 Å². The zero-order chi connectivity index (χ0) is 14.7. The average Bonchev–Trinajstić information content (AvgIpc) is 3.14. The third-order valence-corrected chi connectivity index (χ3v) is 4.53.